The van der Waals surface area contributed by atoms with Crippen LogP contribution in [-0.2, 0) is 0 Å². The van der Waals surface area contributed by atoms with Gasteiger partial charge in [-0.1, -0.05) is 11.6 Å². The van der Waals surface area contributed by atoms with E-state index in [9.17, 15) is 4.79 Å². The van der Waals surface area contributed by atoms with Gasteiger partial charge in [0, 0.05) is 31.4 Å². The highest BCUT2D eigenvalue weighted by Crippen LogP contribution is 2.39. The molecule has 1 aromatic rings. The van der Waals surface area contributed by atoms with Crippen LogP contribution in [-0.4, -0.2) is 36.5 Å². The fourth-order valence-corrected chi connectivity index (χ4v) is 4.38. The number of hydrogen-bond donors (Lipinski definition) is 0. The second-order valence-electron chi connectivity index (χ2n) is 7.01. The highest BCUT2D eigenvalue weighted by molar-refractivity contribution is 6.00. The number of amides is 1. The summed E-state index contributed by atoms with van der Waals surface area (Å²) in [5.41, 5.74) is 3.28. The average molecular weight is 284 g/mol. The lowest BCUT2D eigenvalue weighted by atomic mass is 10.0. The molecule has 2 heterocycles. The Hall–Kier alpha value is -1.51. The van der Waals surface area contributed by atoms with Crippen LogP contribution in [0.5, 0.6) is 0 Å². The quantitative estimate of drug-likeness (QED) is 0.832. The number of aryl methyl sites for hydroxylation is 1. The number of nitrogens with zero attached hydrogens (tertiary/aromatic N) is 2. The summed E-state index contributed by atoms with van der Waals surface area (Å²) < 4.78 is 0. The smallest absolute Gasteiger partial charge is 0.256 e. The second-order valence-corrected chi connectivity index (χ2v) is 7.01. The normalized spacial score (nSPS) is 27.7. The Morgan fingerprint density at radius 3 is 2.67 bits per heavy atom. The molecule has 3 aliphatic rings. The summed E-state index contributed by atoms with van der Waals surface area (Å²) in [5, 5.41) is 0. The zero-order valence-corrected chi connectivity index (χ0v) is 12.8. The summed E-state index contributed by atoms with van der Waals surface area (Å²) >= 11 is 0. The molecule has 2 bridgehead atoms. The summed E-state index contributed by atoms with van der Waals surface area (Å²) in [7, 11) is 0. The molecule has 2 saturated heterocycles. The van der Waals surface area contributed by atoms with Gasteiger partial charge in [-0.3, -0.25) is 4.79 Å². The Bertz CT molecular complexity index is 562. The van der Waals surface area contributed by atoms with Gasteiger partial charge in [-0.25, -0.2) is 0 Å². The standard InChI is InChI=1S/C18H24N2O/c1-13-4-7-17(19-8-2-3-9-19)16(10-13)18(21)20-12-14-5-6-15(20)11-14/h4,7,10,14-15H,2-3,5-6,8-9,11-12H2,1H3. The van der Waals surface area contributed by atoms with Crippen molar-refractivity contribution >= 4 is 11.6 Å². The number of hydrogen-bond acceptors (Lipinski definition) is 2. The van der Waals surface area contributed by atoms with Crippen molar-refractivity contribution in [2.24, 2.45) is 5.92 Å². The molecule has 0 aromatic heterocycles. The van der Waals surface area contributed by atoms with Crippen LogP contribution in [0.4, 0.5) is 5.69 Å². The predicted molar refractivity (Wildman–Crippen MR) is 84.8 cm³/mol. The van der Waals surface area contributed by atoms with Gasteiger partial charge in [0.05, 0.1) is 5.56 Å². The van der Waals surface area contributed by atoms with Crippen molar-refractivity contribution in [2.75, 3.05) is 24.5 Å². The fourth-order valence-electron chi connectivity index (χ4n) is 4.38. The van der Waals surface area contributed by atoms with Crippen LogP contribution >= 0.6 is 0 Å². The van der Waals surface area contributed by atoms with Crippen LogP contribution in [0.1, 0.15) is 48.0 Å². The van der Waals surface area contributed by atoms with Gasteiger partial charge in [-0.05, 0) is 57.1 Å². The van der Waals surface area contributed by atoms with E-state index in [0.717, 1.165) is 36.8 Å². The molecular weight excluding hydrogens is 260 g/mol. The number of likely N-dealkylation sites (tertiary alicyclic amines) is 1. The molecule has 1 saturated carbocycles. The summed E-state index contributed by atoms with van der Waals surface area (Å²) in [6.07, 6.45) is 6.25. The first-order valence-electron chi connectivity index (χ1n) is 8.39. The van der Waals surface area contributed by atoms with Crippen LogP contribution in [0.15, 0.2) is 18.2 Å². The Morgan fingerprint density at radius 2 is 2.00 bits per heavy atom. The van der Waals surface area contributed by atoms with E-state index in [1.54, 1.807) is 0 Å². The SMILES string of the molecule is Cc1ccc(N2CCCC2)c(C(=O)N2CC3CCC2C3)c1. The molecule has 2 unspecified atom stereocenters. The lowest BCUT2D eigenvalue weighted by Gasteiger charge is -2.29. The van der Waals surface area contributed by atoms with Crippen molar-refractivity contribution in [3.05, 3.63) is 29.3 Å². The summed E-state index contributed by atoms with van der Waals surface area (Å²) in [4.78, 5) is 17.6. The molecule has 3 nitrogen and oxygen atoms in total. The minimum Gasteiger partial charge on any atom is -0.371 e. The van der Waals surface area contributed by atoms with Crippen molar-refractivity contribution in [1.82, 2.24) is 4.90 Å². The molecule has 4 rings (SSSR count). The zero-order chi connectivity index (χ0) is 14.4. The van der Waals surface area contributed by atoms with Crippen LogP contribution < -0.4 is 4.90 Å². The Labute approximate surface area is 126 Å². The summed E-state index contributed by atoms with van der Waals surface area (Å²) in [6.45, 7) is 5.25. The number of fused-ring (bicyclic) bond motifs is 2. The molecule has 2 aliphatic heterocycles. The maximum absolute atomic E-state index is 13.1. The lowest BCUT2D eigenvalue weighted by Crippen LogP contribution is -2.38. The Morgan fingerprint density at radius 1 is 1.19 bits per heavy atom. The third kappa shape index (κ3) is 2.23. The highest BCUT2D eigenvalue weighted by atomic mass is 16.2. The zero-order valence-electron chi connectivity index (χ0n) is 12.8. The van der Waals surface area contributed by atoms with Crippen LogP contribution in [0.25, 0.3) is 0 Å². The van der Waals surface area contributed by atoms with Gasteiger partial charge in [-0.15, -0.1) is 0 Å². The van der Waals surface area contributed by atoms with Crippen molar-refractivity contribution in [1.29, 1.82) is 0 Å². The number of piperidine rings is 1. The first-order valence-corrected chi connectivity index (χ1v) is 8.39. The number of carbonyl (C=O) groups excluding carboxylic acids is 1. The van der Waals surface area contributed by atoms with E-state index >= 15 is 0 Å². The molecule has 2 atom stereocenters. The molecule has 21 heavy (non-hydrogen) atoms. The van der Waals surface area contributed by atoms with E-state index in [2.05, 4.69) is 34.9 Å². The molecular formula is C18H24N2O. The van der Waals surface area contributed by atoms with E-state index in [-0.39, 0.29) is 5.91 Å². The van der Waals surface area contributed by atoms with Crippen molar-refractivity contribution < 1.29 is 4.79 Å². The minimum absolute atomic E-state index is 0.271. The van der Waals surface area contributed by atoms with Crippen molar-refractivity contribution in [3.63, 3.8) is 0 Å². The lowest BCUT2D eigenvalue weighted by molar-refractivity contribution is 0.0704. The number of anilines is 1. The van der Waals surface area contributed by atoms with Crippen molar-refractivity contribution in [2.45, 2.75) is 45.1 Å². The van der Waals surface area contributed by atoms with E-state index < -0.39 is 0 Å². The summed E-state index contributed by atoms with van der Waals surface area (Å²) in [6, 6.07) is 6.90. The second kappa shape index (κ2) is 5.04. The predicted octanol–water partition coefficient (Wildman–Crippen LogP) is 3.22. The van der Waals surface area contributed by atoms with Gasteiger partial charge >= 0.3 is 0 Å². The van der Waals surface area contributed by atoms with Gasteiger partial charge in [0.15, 0.2) is 0 Å². The molecule has 112 valence electrons. The van der Waals surface area contributed by atoms with Crippen LogP contribution in [0, 0.1) is 12.8 Å². The first kappa shape index (κ1) is 13.2. The maximum Gasteiger partial charge on any atom is 0.256 e. The van der Waals surface area contributed by atoms with Crippen molar-refractivity contribution in [3.8, 4) is 0 Å². The van der Waals surface area contributed by atoms with E-state index in [1.807, 2.05) is 0 Å². The van der Waals surface area contributed by atoms with E-state index in [1.165, 1.54) is 37.7 Å². The average Bonchev–Trinajstić information content (AvgIpc) is 3.23. The van der Waals surface area contributed by atoms with Gasteiger partial charge in [-0.2, -0.15) is 0 Å². The fraction of sp³-hybridized carbons (Fsp3) is 0.611. The third-order valence-corrected chi connectivity index (χ3v) is 5.50. The molecule has 0 spiro atoms. The van der Waals surface area contributed by atoms with Crippen LogP contribution in [0.2, 0.25) is 0 Å². The molecule has 1 aromatic carbocycles. The maximum atomic E-state index is 13.1. The molecule has 1 amide bonds. The van der Waals surface area contributed by atoms with E-state index in [4.69, 9.17) is 0 Å². The molecule has 3 fully saturated rings. The number of benzene rings is 1. The molecule has 0 N–H and O–H groups in total. The van der Waals surface area contributed by atoms with Gasteiger partial charge in [0.25, 0.3) is 5.91 Å². The summed E-state index contributed by atoms with van der Waals surface area (Å²) in [5.74, 6) is 1.03. The highest BCUT2D eigenvalue weighted by Gasteiger charge is 2.41. The van der Waals surface area contributed by atoms with Gasteiger partial charge in [0.1, 0.15) is 0 Å². The van der Waals surface area contributed by atoms with Crippen LogP contribution in [0.3, 0.4) is 0 Å². The number of rotatable bonds is 2. The molecule has 1 aliphatic carbocycles. The monoisotopic (exact) mass is 284 g/mol. The van der Waals surface area contributed by atoms with Gasteiger partial charge < -0.3 is 9.80 Å². The minimum atomic E-state index is 0.271. The Balaban J connectivity index is 1.66. The topological polar surface area (TPSA) is 23.6 Å². The number of carbonyl (C=O) groups is 1. The largest absolute Gasteiger partial charge is 0.371 e. The van der Waals surface area contributed by atoms with E-state index in [0.29, 0.717) is 6.04 Å². The molecule has 0 radical (unpaired) electrons. The third-order valence-electron chi connectivity index (χ3n) is 5.50. The van der Waals surface area contributed by atoms with Gasteiger partial charge in [0.2, 0.25) is 0 Å². The Kier molecular flexibility index (Phi) is 3.16. The molecule has 3 heteroatoms. The first-order chi connectivity index (χ1) is 10.2.